The lowest BCUT2D eigenvalue weighted by molar-refractivity contribution is -0.870. The van der Waals surface area contributed by atoms with E-state index in [1.807, 2.05) is 0 Å². The minimum Gasteiger partial charge on any atom is -0.824 e. The van der Waals surface area contributed by atoms with Crippen molar-refractivity contribution in [1.82, 2.24) is 15.0 Å². The maximum absolute atomic E-state index is 13.4. The number of quaternary nitrogens is 1. The number of methoxy groups -OCH3 is 2. The molecule has 11 nitrogen and oxygen atoms in total. The Bertz CT molecular complexity index is 1500. The van der Waals surface area contributed by atoms with Crippen LogP contribution in [0.5, 0.6) is 17.2 Å². The Labute approximate surface area is 234 Å². The highest BCUT2D eigenvalue weighted by molar-refractivity contribution is 7.91. The largest absolute Gasteiger partial charge is 0.824 e. The second-order valence-corrected chi connectivity index (χ2v) is 11.4. The predicted octanol–water partition coefficient (Wildman–Crippen LogP) is 2.17. The molecule has 12 heteroatoms. The lowest BCUT2D eigenvalue weighted by Crippen LogP contribution is -2.36. The van der Waals surface area contributed by atoms with Crippen molar-refractivity contribution in [2.24, 2.45) is 0 Å². The van der Waals surface area contributed by atoms with Crippen molar-refractivity contribution in [1.29, 1.82) is 0 Å². The molecule has 0 amide bonds. The average molecular weight is 571 g/mol. The summed E-state index contributed by atoms with van der Waals surface area (Å²) in [6.07, 6.45) is 1.62. The first-order valence-electron chi connectivity index (χ1n) is 12.3. The van der Waals surface area contributed by atoms with Crippen LogP contribution in [0, 0.1) is 0 Å². The van der Waals surface area contributed by atoms with E-state index in [0.717, 1.165) is 11.0 Å². The van der Waals surface area contributed by atoms with Gasteiger partial charge in [-0.05, 0) is 42.5 Å². The van der Waals surface area contributed by atoms with Crippen LogP contribution in [0.15, 0.2) is 82.7 Å². The Hall–Kier alpha value is -3.97. The van der Waals surface area contributed by atoms with Crippen LogP contribution in [0.2, 0.25) is 0 Å². The lowest BCUT2D eigenvalue weighted by atomic mass is 10.2. The van der Waals surface area contributed by atoms with Gasteiger partial charge in [-0.2, -0.15) is 0 Å². The van der Waals surface area contributed by atoms with E-state index in [9.17, 15) is 13.5 Å². The molecule has 1 aromatic heterocycles. The average Bonchev–Trinajstić information content (AvgIpc) is 3.43. The third-order valence-corrected chi connectivity index (χ3v) is 7.53. The van der Waals surface area contributed by atoms with E-state index in [2.05, 4.69) is 31.5 Å². The van der Waals surface area contributed by atoms with Gasteiger partial charge < -0.3 is 28.9 Å². The Morgan fingerprint density at radius 1 is 0.950 bits per heavy atom. The van der Waals surface area contributed by atoms with Crippen LogP contribution < -0.4 is 19.3 Å². The third kappa shape index (κ3) is 7.36. The maximum atomic E-state index is 13.4. The van der Waals surface area contributed by atoms with E-state index in [1.165, 1.54) is 49.2 Å². The summed E-state index contributed by atoms with van der Waals surface area (Å²) in [6, 6.07) is 17.6. The van der Waals surface area contributed by atoms with Crippen molar-refractivity contribution < 1.29 is 37.3 Å². The molecule has 0 atom stereocenters. The van der Waals surface area contributed by atoms with Crippen molar-refractivity contribution in [3.8, 4) is 34.2 Å². The quantitative estimate of drug-likeness (QED) is 0.225. The molecule has 0 saturated heterocycles. The molecular formula is C28H34N4O7S. The first kappa shape index (κ1) is 30.6. The number of aliphatic hydroxyl groups is 1. The van der Waals surface area contributed by atoms with Gasteiger partial charge in [0.1, 0.15) is 23.7 Å². The number of hydrogen-bond donors (Lipinski definition) is 1. The molecule has 3 aromatic carbocycles. The smallest absolute Gasteiger partial charge is 0.207 e. The molecule has 1 N–H and O–H groups in total. The van der Waals surface area contributed by atoms with Crippen molar-refractivity contribution in [3.05, 3.63) is 72.9 Å². The monoisotopic (exact) mass is 570 g/mol. The molecule has 0 bridgehead atoms. The topological polar surface area (TPSA) is 136 Å². The highest BCUT2D eigenvalue weighted by atomic mass is 32.2. The maximum Gasteiger partial charge on any atom is 0.207 e. The summed E-state index contributed by atoms with van der Waals surface area (Å²) in [5, 5.41) is 27.4. The molecule has 0 saturated carbocycles. The van der Waals surface area contributed by atoms with E-state index in [0.29, 0.717) is 34.2 Å². The molecule has 0 fully saturated rings. The number of para-hydroxylation sites is 1. The fourth-order valence-corrected chi connectivity index (χ4v) is 5.15. The molecule has 4 rings (SSSR count). The molecule has 0 radical (unpaired) electrons. The molecule has 0 aliphatic heterocycles. The summed E-state index contributed by atoms with van der Waals surface area (Å²) in [6.45, 7) is 0.367. The third-order valence-electron chi connectivity index (χ3n) is 5.71. The molecular weight excluding hydrogens is 536 g/mol. The van der Waals surface area contributed by atoms with Crippen LogP contribution in [-0.2, 0) is 9.84 Å². The number of ether oxygens (including phenoxy) is 3. The molecule has 0 spiro atoms. The lowest BCUT2D eigenvalue weighted by Gasteiger charge is -2.21. The van der Waals surface area contributed by atoms with E-state index in [1.54, 1.807) is 42.6 Å². The van der Waals surface area contributed by atoms with Crippen molar-refractivity contribution in [2.75, 3.05) is 55.3 Å². The number of sulfone groups is 1. The van der Waals surface area contributed by atoms with Gasteiger partial charge in [-0.25, -0.2) is 13.1 Å². The van der Waals surface area contributed by atoms with Crippen molar-refractivity contribution in [2.45, 2.75) is 9.79 Å². The van der Waals surface area contributed by atoms with Crippen LogP contribution in [0.3, 0.4) is 0 Å². The minimum absolute atomic E-state index is 0.0649. The van der Waals surface area contributed by atoms with E-state index in [-0.39, 0.29) is 16.4 Å². The number of aromatic nitrogens is 3. The van der Waals surface area contributed by atoms with Gasteiger partial charge in [-0.15, -0.1) is 5.10 Å². The van der Waals surface area contributed by atoms with Gasteiger partial charge in [-0.1, -0.05) is 29.5 Å². The highest BCUT2D eigenvalue weighted by Gasteiger charge is 2.24. The van der Waals surface area contributed by atoms with Gasteiger partial charge in [0.2, 0.25) is 9.84 Å². The predicted molar refractivity (Wildman–Crippen MR) is 147 cm³/mol. The second-order valence-electron chi connectivity index (χ2n) is 9.53. The van der Waals surface area contributed by atoms with Gasteiger partial charge in [-0.3, -0.25) is 0 Å². The summed E-state index contributed by atoms with van der Waals surface area (Å²) in [5.74, 6) is 1.30. The zero-order chi connectivity index (χ0) is 29.3. The number of likely N-dealkylation sites (N-methyl/N-ethyl adjacent to an activating group) is 1. The zero-order valence-electron chi connectivity index (χ0n) is 23.1. The van der Waals surface area contributed by atoms with Crippen LogP contribution in [0.1, 0.15) is 0 Å². The Balaban J connectivity index is 0.000000559. The Morgan fingerprint density at radius 2 is 1.65 bits per heavy atom. The summed E-state index contributed by atoms with van der Waals surface area (Å²) < 4.78 is 44.7. The van der Waals surface area contributed by atoms with Gasteiger partial charge in [0.05, 0.1) is 58.0 Å². The SMILES string of the molecule is COc1cccc(-n2cc(-c3ccccc3S(=O)(=O)c3ccc(OC[O-])cc3)nn2)c1OC.C[N+](C)(C)CCO. The van der Waals surface area contributed by atoms with Crippen LogP contribution in [0.4, 0.5) is 0 Å². The van der Waals surface area contributed by atoms with Crippen LogP contribution in [0.25, 0.3) is 16.9 Å². The minimum atomic E-state index is -3.88. The Morgan fingerprint density at radius 3 is 2.23 bits per heavy atom. The summed E-state index contributed by atoms with van der Waals surface area (Å²) >= 11 is 0. The number of nitrogens with zero attached hydrogens (tertiary/aromatic N) is 4. The van der Waals surface area contributed by atoms with Crippen molar-refractivity contribution in [3.63, 3.8) is 0 Å². The standard InChI is InChI=1S/C23H20N3O6S.C5H14NO/c1-30-21-8-5-7-20(23(21)31-2)26-14-19(24-25-26)18-6-3-4-9-22(18)33(28,29)17-12-10-16(11-13-17)32-15-27;1-6(2,3)4-5-7/h3-14H,15H2,1-2H3;7H,4-5H2,1-3H3/q-1;+1. The molecule has 4 aromatic rings. The molecule has 0 unspecified atom stereocenters. The molecule has 214 valence electrons. The molecule has 1 heterocycles. The molecule has 40 heavy (non-hydrogen) atoms. The molecule has 0 aliphatic rings. The van der Waals surface area contributed by atoms with Gasteiger partial charge in [0.25, 0.3) is 0 Å². The fraction of sp³-hybridized carbons (Fsp3) is 0.286. The molecule has 0 aliphatic carbocycles. The number of hydrogen-bond acceptors (Lipinski definition) is 9. The Kier molecular flexibility index (Phi) is 10.2. The van der Waals surface area contributed by atoms with E-state index >= 15 is 0 Å². The number of rotatable bonds is 10. The first-order chi connectivity index (χ1) is 19.0. The van der Waals surface area contributed by atoms with Crippen LogP contribution >= 0.6 is 0 Å². The van der Waals surface area contributed by atoms with Crippen molar-refractivity contribution >= 4 is 9.84 Å². The summed E-state index contributed by atoms with van der Waals surface area (Å²) in [4.78, 5) is 0.141. The number of aliphatic hydroxyl groups excluding tert-OH is 1. The highest BCUT2D eigenvalue weighted by Crippen LogP contribution is 2.35. The normalized spacial score (nSPS) is 11.4. The van der Waals surface area contributed by atoms with Crippen LogP contribution in [-0.4, -0.2) is 88.3 Å². The number of benzene rings is 3. The van der Waals surface area contributed by atoms with E-state index in [4.69, 9.17) is 19.3 Å². The summed E-state index contributed by atoms with van der Waals surface area (Å²) in [5.41, 5.74) is 1.35. The van der Waals surface area contributed by atoms with Gasteiger partial charge in [0, 0.05) is 12.4 Å². The first-order valence-corrected chi connectivity index (χ1v) is 13.7. The van der Waals surface area contributed by atoms with E-state index < -0.39 is 16.6 Å². The van der Waals surface area contributed by atoms with Gasteiger partial charge >= 0.3 is 0 Å². The second kappa shape index (κ2) is 13.4. The summed E-state index contributed by atoms with van der Waals surface area (Å²) in [7, 11) is 5.33. The fourth-order valence-electron chi connectivity index (χ4n) is 3.68. The zero-order valence-corrected chi connectivity index (χ0v) is 24.0. The van der Waals surface area contributed by atoms with Gasteiger partial charge in [0.15, 0.2) is 11.5 Å².